The number of hydrogen-bond donors (Lipinski definition) is 2. The molecule has 1 aromatic carbocycles. The molecule has 0 amide bonds. The van der Waals surface area contributed by atoms with E-state index in [0.717, 1.165) is 12.1 Å². The zero-order valence-corrected chi connectivity index (χ0v) is 10.7. The molecule has 0 aromatic heterocycles. The lowest BCUT2D eigenvalue weighted by molar-refractivity contribution is -0.385. The van der Waals surface area contributed by atoms with Crippen LogP contribution in [0.3, 0.4) is 0 Å². The molecule has 0 aliphatic rings. The normalized spacial score (nSPS) is 11.8. The van der Waals surface area contributed by atoms with Gasteiger partial charge >= 0.3 is 0 Å². The Labute approximate surface area is 113 Å². The van der Waals surface area contributed by atoms with Gasteiger partial charge in [-0.25, -0.2) is 8.78 Å². The minimum absolute atomic E-state index is 0. The Hall–Kier alpha value is -1.67. The summed E-state index contributed by atoms with van der Waals surface area (Å²) in [5.41, 5.74) is 4.95. The van der Waals surface area contributed by atoms with Crippen molar-refractivity contribution in [2.75, 3.05) is 7.11 Å². The molecule has 0 heterocycles. The SMILES string of the molecule is COc1cc([N+](=O)[O-])cc([C@H](N)CC(F)F)c1O.Cl. The van der Waals surface area contributed by atoms with Gasteiger partial charge in [0.2, 0.25) is 6.43 Å². The lowest BCUT2D eigenvalue weighted by Gasteiger charge is -2.15. The molecule has 0 fully saturated rings. The van der Waals surface area contributed by atoms with Crippen molar-refractivity contribution in [2.45, 2.75) is 18.9 Å². The van der Waals surface area contributed by atoms with Crippen LogP contribution in [0.25, 0.3) is 0 Å². The number of benzene rings is 1. The van der Waals surface area contributed by atoms with E-state index >= 15 is 0 Å². The van der Waals surface area contributed by atoms with Crippen LogP contribution in [-0.4, -0.2) is 23.6 Å². The first kappa shape index (κ1) is 17.3. The number of ether oxygens (including phenoxy) is 1. The first-order chi connectivity index (χ1) is 8.36. The highest BCUT2D eigenvalue weighted by Crippen LogP contribution is 2.38. The molecule has 0 aliphatic carbocycles. The number of hydrogen-bond acceptors (Lipinski definition) is 5. The van der Waals surface area contributed by atoms with Gasteiger partial charge < -0.3 is 15.6 Å². The fourth-order valence-electron chi connectivity index (χ4n) is 1.48. The molecule has 9 heteroatoms. The van der Waals surface area contributed by atoms with E-state index in [1.165, 1.54) is 7.11 Å². The first-order valence-electron chi connectivity index (χ1n) is 4.95. The fourth-order valence-corrected chi connectivity index (χ4v) is 1.48. The highest BCUT2D eigenvalue weighted by Gasteiger charge is 2.23. The summed E-state index contributed by atoms with van der Waals surface area (Å²) in [5, 5.41) is 20.4. The molecule has 19 heavy (non-hydrogen) atoms. The van der Waals surface area contributed by atoms with Crippen LogP contribution in [0.15, 0.2) is 12.1 Å². The van der Waals surface area contributed by atoms with E-state index in [9.17, 15) is 24.0 Å². The second-order valence-corrected chi connectivity index (χ2v) is 3.58. The van der Waals surface area contributed by atoms with Gasteiger partial charge in [0.1, 0.15) is 0 Å². The lowest BCUT2D eigenvalue weighted by Crippen LogP contribution is -2.14. The van der Waals surface area contributed by atoms with E-state index < -0.39 is 29.6 Å². The number of rotatable bonds is 5. The summed E-state index contributed by atoms with van der Waals surface area (Å²) in [6.07, 6.45) is -3.39. The minimum atomic E-state index is -2.68. The average molecular weight is 299 g/mol. The van der Waals surface area contributed by atoms with Gasteiger partial charge in [0.05, 0.1) is 18.1 Å². The number of nitrogens with two attached hydrogens (primary N) is 1. The van der Waals surface area contributed by atoms with Crippen LogP contribution in [0.5, 0.6) is 11.5 Å². The summed E-state index contributed by atoms with van der Waals surface area (Å²) in [6.45, 7) is 0. The number of nitro benzene ring substituents is 1. The highest BCUT2D eigenvalue weighted by atomic mass is 35.5. The number of halogens is 3. The van der Waals surface area contributed by atoms with Gasteiger partial charge in [0.25, 0.3) is 5.69 Å². The van der Waals surface area contributed by atoms with Crippen molar-refractivity contribution in [1.29, 1.82) is 0 Å². The van der Waals surface area contributed by atoms with E-state index in [2.05, 4.69) is 0 Å². The number of non-ortho nitro benzene ring substituents is 1. The number of alkyl halides is 2. The molecule has 0 unspecified atom stereocenters. The van der Waals surface area contributed by atoms with Crippen LogP contribution in [0, 0.1) is 10.1 Å². The van der Waals surface area contributed by atoms with Gasteiger partial charge in [-0.15, -0.1) is 12.4 Å². The Kier molecular flexibility index (Phi) is 6.43. The molecule has 108 valence electrons. The quantitative estimate of drug-likeness (QED) is 0.642. The van der Waals surface area contributed by atoms with Gasteiger partial charge in [0, 0.05) is 24.1 Å². The Morgan fingerprint density at radius 1 is 1.53 bits per heavy atom. The molecule has 0 radical (unpaired) electrons. The Bertz CT molecular complexity index is 459. The molecule has 1 atom stereocenters. The predicted octanol–water partition coefficient (Wildman–Crippen LogP) is 2.39. The van der Waals surface area contributed by atoms with Crippen LogP contribution in [0.2, 0.25) is 0 Å². The van der Waals surface area contributed by atoms with Crippen molar-refractivity contribution in [3.63, 3.8) is 0 Å². The smallest absolute Gasteiger partial charge is 0.273 e. The summed E-state index contributed by atoms with van der Waals surface area (Å²) in [7, 11) is 1.20. The van der Waals surface area contributed by atoms with Crippen molar-refractivity contribution in [3.05, 3.63) is 27.8 Å². The third-order valence-electron chi connectivity index (χ3n) is 2.35. The zero-order valence-electron chi connectivity index (χ0n) is 9.88. The van der Waals surface area contributed by atoms with E-state index in [-0.39, 0.29) is 29.4 Å². The predicted molar refractivity (Wildman–Crippen MR) is 66.1 cm³/mol. The Balaban J connectivity index is 0.00000324. The maximum absolute atomic E-state index is 12.2. The summed E-state index contributed by atoms with van der Waals surface area (Å²) in [6, 6.07) is 0.748. The second kappa shape index (κ2) is 7.05. The average Bonchev–Trinajstić information content (AvgIpc) is 2.27. The summed E-state index contributed by atoms with van der Waals surface area (Å²) in [5.74, 6) is -0.639. The van der Waals surface area contributed by atoms with Crippen LogP contribution in [-0.2, 0) is 0 Å². The Morgan fingerprint density at radius 3 is 2.53 bits per heavy atom. The second-order valence-electron chi connectivity index (χ2n) is 3.58. The highest BCUT2D eigenvalue weighted by molar-refractivity contribution is 5.85. The number of methoxy groups -OCH3 is 1. The van der Waals surface area contributed by atoms with Crippen LogP contribution in [0.1, 0.15) is 18.0 Å². The number of nitro groups is 1. The van der Waals surface area contributed by atoms with Crippen LogP contribution < -0.4 is 10.5 Å². The summed E-state index contributed by atoms with van der Waals surface area (Å²) in [4.78, 5) is 9.94. The maximum Gasteiger partial charge on any atom is 0.273 e. The fraction of sp³-hybridized carbons (Fsp3) is 0.400. The molecule has 0 saturated carbocycles. The van der Waals surface area contributed by atoms with E-state index in [0.29, 0.717) is 0 Å². The summed E-state index contributed by atoms with van der Waals surface area (Å²) < 4.78 is 29.2. The largest absolute Gasteiger partial charge is 0.504 e. The van der Waals surface area contributed by atoms with Crippen molar-refractivity contribution in [2.24, 2.45) is 5.73 Å². The molecular formula is C10H13ClF2N2O4. The topological polar surface area (TPSA) is 98.6 Å². The number of phenolic OH excluding ortho intramolecular Hbond substituents is 1. The molecule has 0 aliphatic heterocycles. The molecule has 0 bridgehead atoms. The van der Waals surface area contributed by atoms with E-state index in [4.69, 9.17) is 10.5 Å². The third-order valence-corrected chi connectivity index (χ3v) is 2.35. The first-order valence-corrected chi connectivity index (χ1v) is 4.95. The van der Waals surface area contributed by atoms with Crippen LogP contribution >= 0.6 is 12.4 Å². The van der Waals surface area contributed by atoms with E-state index in [1.54, 1.807) is 0 Å². The molecule has 1 rings (SSSR count). The summed E-state index contributed by atoms with van der Waals surface area (Å²) >= 11 is 0. The van der Waals surface area contributed by atoms with Gasteiger partial charge in [-0.2, -0.15) is 0 Å². The molecule has 6 nitrogen and oxygen atoms in total. The van der Waals surface area contributed by atoms with Crippen LogP contribution in [0.4, 0.5) is 14.5 Å². The van der Waals surface area contributed by atoms with Gasteiger partial charge in [-0.05, 0) is 0 Å². The van der Waals surface area contributed by atoms with E-state index in [1.807, 2.05) is 0 Å². The molecular weight excluding hydrogens is 286 g/mol. The minimum Gasteiger partial charge on any atom is -0.504 e. The molecule has 0 saturated heterocycles. The van der Waals surface area contributed by atoms with Gasteiger partial charge in [0.15, 0.2) is 11.5 Å². The van der Waals surface area contributed by atoms with Crippen molar-refractivity contribution in [3.8, 4) is 11.5 Å². The van der Waals surface area contributed by atoms with Gasteiger partial charge in [-0.1, -0.05) is 0 Å². The number of nitrogens with zero attached hydrogens (tertiary/aromatic N) is 1. The zero-order chi connectivity index (χ0) is 13.9. The molecule has 0 spiro atoms. The molecule has 3 N–H and O–H groups in total. The molecule has 1 aromatic rings. The third kappa shape index (κ3) is 4.18. The van der Waals surface area contributed by atoms with Gasteiger partial charge in [-0.3, -0.25) is 10.1 Å². The monoisotopic (exact) mass is 298 g/mol. The maximum atomic E-state index is 12.2. The standard InChI is InChI=1S/C10H12F2N2O4.ClH/c1-18-8-3-5(14(16)17)2-6(10(8)15)7(13)4-9(11)12;/h2-3,7,9,15H,4,13H2,1H3;1H/t7-;/m1./s1. The number of aromatic hydroxyl groups is 1. The number of phenols is 1. The van der Waals surface area contributed by atoms with Crippen molar-refractivity contribution in [1.82, 2.24) is 0 Å². The van der Waals surface area contributed by atoms with Crippen molar-refractivity contribution >= 4 is 18.1 Å². The lowest BCUT2D eigenvalue weighted by atomic mass is 10.0. The van der Waals surface area contributed by atoms with Crippen molar-refractivity contribution < 1.29 is 23.5 Å². The Morgan fingerprint density at radius 2 is 2.11 bits per heavy atom.